The van der Waals surface area contributed by atoms with Gasteiger partial charge in [-0.2, -0.15) is 0 Å². The third-order valence-electron chi connectivity index (χ3n) is 5.07. The Labute approximate surface area is 162 Å². The summed E-state index contributed by atoms with van der Waals surface area (Å²) in [6.07, 6.45) is 2.98. The lowest BCUT2D eigenvalue weighted by Crippen LogP contribution is -2.25. The molecule has 3 rings (SSSR count). The quantitative estimate of drug-likeness (QED) is 0.573. The number of hydrogen-bond donors (Lipinski definition) is 0. The van der Waals surface area contributed by atoms with Gasteiger partial charge in [0.1, 0.15) is 0 Å². The smallest absolute Gasteiger partial charge is 0.309 e. The number of ether oxygens (including phenoxy) is 1. The topological polar surface area (TPSA) is 29.5 Å². The number of benzene rings is 2. The minimum atomic E-state index is -0.229. The molecule has 2 aromatic carbocycles. The minimum Gasteiger partial charge on any atom is -0.469 e. The van der Waals surface area contributed by atoms with E-state index in [1.807, 2.05) is 24.3 Å². The van der Waals surface area contributed by atoms with Crippen LogP contribution in [0.5, 0.6) is 0 Å². The van der Waals surface area contributed by atoms with Gasteiger partial charge in [0.2, 0.25) is 0 Å². The summed E-state index contributed by atoms with van der Waals surface area (Å²) in [4.78, 5) is 13.9. The van der Waals surface area contributed by atoms with Gasteiger partial charge in [0.15, 0.2) is 0 Å². The van der Waals surface area contributed by atoms with E-state index in [9.17, 15) is 4.79 Å². The number of aryl methyl sites for hydroxylation is 1. The van der Waals surface area contributed by atoms with E-state index in [0.717, 1.165) is 35.8 Å². The van der Waals surface area contributed by atoms with E-state index >= 15 is 0 Å². The number of nitrogens with zero attached hydrogens (tertiary/aromatic N) is 1. The second-order valence-electron chi connectivity index (χ2n) is 7.14. The van der Waals surface area contributed by atoms with Gasteiger partial charge in [-0.25, -0.2) is 0 Å². The van der Waals surface area contributed by atoms with Crippen LogP contribution in [0.15, 0.2) is 42.5 Å². The van der Waals surface area contributed by atoms with E-state index in [2.05, 4.69) is 53.5 Å². The van der Waals surface area contributed by atoms with E-state index < -0.39 is 0 Å². The molecule has 0 bridgehead atoms. The van der Waals surface area contributed by atoms with Crippen molar-refractivity contribution in [1.29, 1.82) is 0 Å². The first-order valence-corrected chi connectivity index (χ1v) is 9.60. The molecule has 140 valence electrons. The van der Waals surface area contributed by atoms with E-state index in [-0.39, 0.29) is 5.97 Å². The fourth-order valence-corrected chi connectivity index (χ4v) is 3.20. The van der Waals surface area contributed by atoms with Crippen molar-refractivity contribution in [2.75, 3.05) is 13.7 Å². The number of rotatable bonds is 6. The van der Waals surface area contributed by atoms with E-state index in [4.69, 9.17) is 0 Å². The summed E-state index contributed by atoms with van der Waals surface area (Å²) < 4.78 is 4.69. The second-order valence-corrected chi connectivity index (χ2v) is 7.14. The average molecular weight is 361 g/mol. The first-order chi connectivity index (χ1) is 13.1. The number of carbonyl (C=O) groups is 1. The zero-order valence-electron chi connectivity index (χ0n) is 16.4. The first kappa shape index (κ1) is 19.2. The average Bonchev–Trinajstić information content (AvgIpc) is 3.52. The first-order valence-electron chi connectivity index (χ1n) is 9.60. The zero-order chi connectivity index (χ0) is 19.2. The van der Waals surface area contributed by atoms with Gasteiger partial charge in [-0.1, -0.05) is 37.0 Å². The highest BCUT2D eigenvalue weighted by Crippen LogP contribution is 2.28. The Morgan fingerprint density at radius 2 is 1.78 bits per heavy atom. The lowest BCUT2D eigenvalue weighted by Gasteiger charge is -2.21. The van der Waals surface area contributed by atoms with Crippen LogP contribution in [-0.2, 0) is 22.5 Å². The Kier molecular flexibility index (Phi) is 6.32. The molecule has 1 fully saturated rings. The molecule has 3 nitrogen and oxygen atoms in total. The molecule has 27 heavy (non-hydrogen) atoms. The van der Waals surface area contributed by atoms with E-state index in [1.165, 1.54) is 31.1 Å². The predicted molar refractivity (Wildman–Crippen MR) is 108 cm³/mol. The van der Waals surface area contributed by atoms with Crippen molar-refractivity contribution in [2.45, 2.75) is 45.7 Å². The summed E-state index contributed by atoms with van der Waals surface area (Å²) in [5.41, 5.74) is 5.60. The molecule has 1 aliphatic carbocycles. The van der Waals surface area contributed by atoms with Gasteiger partial charge in [-0.3, -0.25) is 9.69 Å². The highest BCUT2D eigenvalue weighted by atomic mass is 16.5. The summed E-state index contributed by atoms with van der Waals surface area (Å²) in [5, 5.41) is 0. The van der Waals surface area contributed by atoms with Crippen LogP contribution in [0.3, 0.4) is 0 Å². The van der Waals surface area contributed by atoms with Gasteiger partial charge >= 0.3 is 5.97 Å². The highest BCUT2D eigenvalue weighted by molar-refractivity contribution is 5.72. The summed E-state index contributed by atoms with van der Waals surface area (Å²) in [7, 11) is 1.40. The largest absolute Gasteiger partial charge is 0.469 e. The van der Waals surface area contributed by atoms with E-state index in [0.29, 0.717) is 6.42 Å². The molecule has 0 amide bonds. The highest BCUT2D eigenvalue weighted by Gasteiger charge is 2.27. The molecule has 0 aliphatic heterocycles. The molecule has 0 N–H and O–H groups in total. The SMILES string of the molecule is CCN(Cc1ccc(C#Cc2ccc(CC(=O)OC)cc2)cc1C)C1CC1. The van der Waals surface area contributed by atoms with Gasteiger partial charge in [0.05, 0.1) is 13.5 Å². The van der Waals surface area contributed by atoms with Crippen LogP contribution in [0.4, 0.5) is 0 Å². The molecule has 0 heterocycles. The molecule has 0 aromatic heterocycles. The van der Waals surface area contributed by atoms with Crippen LogP contribution >= 0.6 is 0 Å². The summed E-state index contributed by atoms with van der Waals surface area (Å²) in [6, 6.07) is 15.0. The molecular formula is C24H27NO2. The maximum absolute atomic E-state index is 11.3. The van der Waals surface area contributed by atoms with Crippen molar-refractivity contribution in [1.82, 2.24) is 4.90 Å². The van der Waals surface area contributed by atoms with Crippen LogP contribution in [0.25, 0.3) is 0 Å². The van der Waals surface area contributed by atoms with Crippen molar-refractivity contribution in [3.63, 3.8) is 0 Å². The standard InChI is InChI=1S/C24H27NO2/c1-4-25(23-13-14-23)17-22-12-11-20(15-18(22)2)8-5-19-6-9-21(10-7-19)16-24(26)27-3/h6-7,9-12,15,23H,4,13-14,16-17H2,1-3H3. The zero-order valence-corrected chi connectivity index (χ0v) is 16.4. The minimum absolute atomic E-state index is 0.229. The van der Waals surface area contributed by atoms with Gasteiger partial charge in [0.25, 0.3) is 0 Å². The van der Waals surface area contributed by atoms with Crippen molar-refractivity contribution >= 4 is 5.97 Å². The van der Waals surface area contributed by atoms with E-state index in [1.54, 1.807) is 0 Å². The van der Waals surface area contributed by atoms with Crippen LogP contribution in [0.1, 0.15) is 47.6 Å². The number of esters is 1. The third kappa shape index (κ3) is 5.45. The molecule has 0 radical (unpaired) electrons. The van der Waals surface area contributed by atoms with Crippen LogP contribution in [0.2, 0.25) is 0 Å². The molecule has 3 heteroatoms. The summed E-state index contributed by atoms with van der Waals surface area (Å²) in [5.74, 6) is 6.22. The fraction of sp³-hybridized carbons (Fsp3) is 0.375. The van der Waals surface area contributed by atoms with Crippen molar-refractivity contribution in [2.24, 2.45) is 0 Å². The molecule has 1 aliphatic rings. The summed E-state index contributed by atoms with van der Waals surface area (Å²) >= 11 is 0. The Morgan fingerprint density at radius 1 is 1.11 bits per heavy atom. The van der Waals surface area contributed by atoms with Crippen molar-refractivity contribution < 1.29 is 9.53 Å². The van der Waals surface area contributed by atoms with Crippen molar-refractivity contribution in [3.8, 4) is 11.8 Å². The Balaban J connectivity index is 1.66. The van der Waals surface area contributed by atoms with Crippen molar-refractivity contribution in [3.05, 3.63) is 70.3 Å². The predicted octanol–water partition coefficient (Wildman–Crippen LogP) is 4.09. The van der Waals surface area contributed by atoms with Crippen LogP contribution in [-0.4, -0.2) is 30.6 Å². The van der Waals surface area contributed by atoms with Gasteiger partial charge < -0.3 is 4.74 Å². The number of methoxy groups -OCH3 is 1. The van der Waals surface area contributed by atoms with Gasteiger partial charge in [-0.15, -0.1) is 0 Å². The summed E-state index contributed by atoms with van der Waals surface area (Å²) in [6.45, 7) is 6.55. The van der Waals surface area contributed by atoms with Crippen LogP contribution in [0, 0.1) is 18.8 Å². The normalized spacial score (nSPS) is 13.2. The maximum Gasteiger partial charge on any atom is 0.309 e. The maximum atomic E-state index is 11.3. The molecule has 0 unspecified atom stereocenters. The molecular weight excluding hydrogens is 334 g/mol. The second kappa shape index (κ2) is 8.88. The number of hydrogen-bond acceptors (Lipinski definition) is 3. The molecule has 0 spiro atoms. The van der Waals surface area contributed by atoms with Gasteiger partial charge in [0, 0.05) is 23.7 Å². The fourth-order valence-electron chi connectivity index (χ4n) is 3.20. The van der Waals surface area contributed by atoms with Gasteiger partial charge in [-0.05, 0) is 67.3 Å². The molecule has 0 saturated heterocycles. The molecule has 0 atom stereocenters. The molecule has 2 aromatic rings. The molecule has 1 saturated carbocycles. The monoisotopic (exact) mass is 361 g/mol. The van der Waals surface area contributed by atoms with Crippen LogP contribution < -0.4 is 0 Å². The Bertz CT molecular complexity index is 854. The lowest BCUT2D eigenvalue weighted by molar-refractivity contribution is -0.139. The third-order valence-corrected chi connectivity index (χ3v) is 5.07. The number of carbonyl (C=O) groups excluding carboxylic acids is 1. The Morgan fingerprint density at radius 3 is 2.37 bits per heavy atom. The Hall–Kier alpha value is -2.57. The lowest BCUT2D eigenvalue weighted by atomic mass is 10.0.